The number of nitrogens with zero attached hydrogens (tertiary/aromatic N) is 4. The van der Waals surface area contributed by atoms with Crippen LogP contribution in [0.3, 0.4) is 0 Å². The summed E-state index contributed by atoms with van der Waals surface area (Å²) in [5.74, 6) is -0.108. The molecule has 0 bridgehead atoms. The summed E-state index contributed by atoms with van der Waals surface area (Å²) in [6, 6.07) is 25.8. The highest BCUT2D eigenvalue weighted by molar-refractivity contribution is 6.02. The van der Waals surface area contributed by atoms with Crippen molar-refractivity contribution in [1.29, 1.82) is 0 Å². The fourth-order valence-corrected chi connectivity index (χ4v) is 12.1. The van der Waals surface area contributed by atoms with Gasteiger partial charge in [0.15, 0.2) is 0 Å². The number of allylic oxidation sites excluding steroid dienone is 2. The first-order valence-electron chi connectivity index (χ1n) is 30.1. The van der Waals surface area contributed by atoms with Gasteiger partial charge in [0.05, 0.1) is 32.5 Å². The van der Waals surface area contributed by atoms with Gasteiger partial charge in [-0.3, -0.25) is 29.0 Å². The van der Waals surface area contributed by atoms with Gasteiger partial charge >= 0.3 is 0 Å². The van der Waals surface area contributed by atoms with E-state index in [1.54, 1.807) is 11.0 Å². The third-order valence-electron chi connectivity index (χ3n) is 16.6. The molecule has 3 atom stereocenters. The second-order valence-corrected chi connectivity index (χ2v) is 22.9. The molecule has 5 heterocycles. The molecular weight excluding hydrogens is 1080 g/mol. The van der Waals surface area contributed by atoms with Crippen LogP contribution >= 0.6 is 0 Å². The molecule has 0 radical (unpaired) electrons. The van der Waals surface area contributed by atoms with Crippen LogP contribution in [-0.2, 0) is 43.4 Å². The molecule has 4 aliphatic rings. The molecule has 18 nitrogen and oxygen atoms in total. The summed E-state index contributed by atoms with van der Waals surface area (Å²) in [7, 11) is 0. The van der Waals surface area contributed by atoms with Gasteiger partial charge in [-0.1, -0.05) is 56.3 Å². The van der Waals surface area contributed by atoms with Crippen LogP contribution in [0.25, 0.3) is 16.7 Å². The molecule has 85 heavy (non-hydrogen) atoms. The number of benzene rings is 4. The van der Waals surface area contributed by atoms with Crippen molar-refractivity contribution in [3.05, 3.63) is 151 Å². The number of amides is 4. The zero-order chi connectivity index (χ0) is 60.1. The number of carbonyl (C=O) groups is 4. The second-order valence-electron chi connectivity index (χ2n) is 22.9. The van der Waals surface area contributed by atoms with Gasteiger partial charge in [0, 0.05) is 117 Å². The van der Waals surface area contributed by atoms with E-state index in [0.29, 0.717) is 81.7 Å². The summed E-state index contributed by atoms with van der Waals surface area (Å²) in [5.41, 5.74) is 11.4. The summed E-state index contributed by atoms with van der Waals surface area (Å²) < 4.78 is 29.9. The number of aliphatic hydroxyl groups is 1. The lowest BCUT2D eigenvalue weighted by atomic mass is 9.95. The molecule has 0 aliphatic carbocycles. The summed E-state index contributed by atoms with van der Waals surface area (Å²) in [5, 5.41) is 16.9. The van der Waals surface area contributed by atoms with Gasteiger partial charge in [0.25, 0.3) is 17.4 Å². The molecule has 452 valence electrons. The van der Waals surface area contributed by atoms with Crippen LogP contribution in [0.4, 0.5) is 5.69 Å². The van der Waals surface area contributed by atoms with Crippen LogP contribution in [0, 0.1) is 26.7 Å². The van der Waals surface area contributed by atoms with Crippen LogP contribution in [0.2, 0.25) is 0 Å². The fourth-order valence-electron chi connectivity index (χ4n) is 12.1. The number of aliphatic imine (C=N–C) groups is 1. The standard InChI is InChI=1S/C67H83N7O11/c1-8-72(52-22-27-82-28-23-52)59-35-51(34-57(45(59)6)63(76)70-39-58-43(4)33-44(5)71-64(58)77)47-17-19-54(20-18-47)84-26-12-11-25-81-29-30-83-31-32-85-61-36-48(55-21-24-68-46(55)7)15-16-49(61)38-69-65(78)60-37-53(75)41-73(60)67(80)62(42(2)3)74-40-50-13-9-10-14-56(50)66(74)79/h9-10,13-20,24,33-36,42,52-53,60,62,75H,8,11-12,21-23,25-32,37-41H2,1-7H3,(H,69,78)(H,70,76)(H,71,77)/t53-,60?,62+/m1/s1. The summed E-state index contributed by atoms with van der Waals surface area (Å²) in [6.45, 7) is 18.8. The van der Waals surface area contributed by atoms with E-state index in [1.165, 1.54) is 4.90 Å². The van der Waals surface area contributed by atoms with Crippen molar-refractivity contribution in [3.8, 4) is 22.6 Å². The smallest absolute Gasteiger partial charge is 0.255 e. The summed E-state index contributed by atoms with van der Waals surface area (Å²) in [6.07, 6.45) is 5.19. The van der Waals surface area contributed by atoms with Crippen LogP contribution in [0.15, 0.2) is 100 Å². The molecule has 0 saturated carbocycles. The SMILES string of the molecule is CCN(c1cc(-c2ccc(OCCCCOCCOCCOc3cc(C4=C(C)N=CC4)ccc3CNC(=O)C3C[C@@H](O)CN3C(=O)[C@H](C(C)C)N3Cc4ccccc4C3=O)cc2)cc(C(=O)NCc2c(C)cc(C)[nH]c2=O)c1C)C1CCOCC1. The molecule has 1 unspecified atom stereocenters. The van der Waals surface area contributed by atoms with Crippen molar-refractivity contribution in [3.63, 3.8) is 0 Å². The number of aromatic amines is 1. The molecule has 1 aromatic heterocycles. The summed E-state index contributed by atoms with van der Waals surface area (Å²) >= 11 is 0. The Morgan fingerprint density at radius 2 is 1.55 bits per heavy atom. The number of nitrogens with one attached hydrogen (secondary N) is 3. The molecule has 4 aromatic carbocycles. The Balaban J connectivity index is 0.721. The quantitative estimate of drug-likeness (QED) is 0.0364. The van der Waals surface area contributed by atoms with Crippen molar-refractivity contribution in [2.75, 3.05) is 70.8 Å². The zero-order valence-electron chi connectivity index (χ0n) is 50.3. The molecule has 4 amide bonds. The predicted octanol–water partition coefficient (Wildman–Crippen LogP) is 8.64. The van der Waals surface area contributed by atoms with E-state index in [0.717, 1.165) is 99.6 Å². The summed E-state index contributed by atoms with van der Waals surface area (Å²) in [4.78, 5) is 81.3. The monoisotopic (exact) mass is 1160 g/mol. The first-order chi connectivity index (χ1) is 41.1. The number of aromatic nitrogens is 1. The number of pyridine rings is 1. The van der Waals surface area contributed by atoms with Crippen LogP contribution in [0.5, 0.6) is 11.5 Å². The van der Waals surface area contributed by atoms with E-state index in [-0.39, 0.29) is 67.9 Å². The molecule has 4 N–H and O–H groups in total. The Kier molecular flexibility index (Phi) is 21.1. The number of hydrogen-bond donors (Lipinski definition) is 4. The van der Waals surface area contributed by atoms with E-state index in [1.807, 2.05) is 121 Å². The van der Waals surface area contributed by atoms with Gasteiger partial charge in [-0.05, 0) is 148 Å². The Bertz CT molecular complexity index is 3310. The van der Waals surface area contributed by atoms with E-state index in [9.17, 15) is 29.1 Å². The molecule has 18 heteroatoms. The van der Waals surface area contributed by atoms with Crippen molar-refractivity contribution in [2.45, 2.75) is 131 Å². The molecular formula is C67H83N7O11. The Morgan fingerprint density at radius 3 is 2.27 bits per heavy atom. The number of ether oxygens (including phenoxy) is 5. The highest BCUT2D eigenvalue weighted by atomic mass is 16.5. The number of anilines is 1. The largest absolute Gasteiger partial charge is 0.494 e. The lowest BCUT2D eigenvalue weighted by Gasteiger charge is -2.37. The Labute approximate surface area is 498 Å². The average Bonchev–Trinajstić information content (AvgIpc) is 2.44. The molecule has 5 aromatic rings. The molecule has 2 saturated heterocycles. The van der Waals surface area contributed by atoms with Gasteiger partial charge in [0.1, 0.15) is 30.2 Å². The van der Waals surface area contributed by atoms with Crippen LogP contribution in [-0.4, -0.2) is 140 Å². The third kappa shape index (κ3) is 15.1. The number of H-pyrrole nitrogens is 1. The minimum atomic E-state index is -0.916. The first kappa shape index (κ1) is 61.9. The van der Waals surface area contributed by atoms with Crippen molar-refractivity contribution < 1.29 is 48.0 Å². The Morgan fingerprint density at radius 1 is 0.824 bits per heavy atom. The second kappa shape index (κ2) is 29.0. The van der Waals surface area contributed by atoms with Gasteiger partial charge in [-0.25, -0.2) is 0 Å². The van der Waals surface area contributed by atoms with Gasteiger partial charge in [-0.2, -0.15) is 0 Å². The number of aryl methyl sites for hydroxylation is 2. The minimum Gasteiger partial charge on any atom is -0.494 e. The zero-order valence-corrected chi connectivity index (χ0v) is 50.3. The molecule has 0 spiro atoms. The lowest BCUT2D eigenvalue weighted by Crippen LogP contribution is -2.55. The van der Waals surface area contributed by atoms with Gasteiger partial charge < -0.3 is 59.1 Å². The predicted molar refractivity (Wildman–Crippen MR) is 328 cm³/mol. The van der Waals surface area contributed by atoms with E-state index < -0.39 is 24.1 Å². The highest BCUT2D eigenvalue weighted by Gasteiger charge is 2.46. The average molecular weight is 1160 g/mol. The van der Waals surface area contributed by atoms with Crippen LogP contribution in [0.1, 0.15) is 126 Å². The minimum absolute atomic E-state index is 0.00393. The number of unbranched alkanes of at least 4 members (excludes halogenated alkanes) is 1. The number of carbonyl (C=O) groups excluding carboxylic acids is 4. The molecule has 4 aliphatic heterocycles. The van der Waals surface area contributed by atoms with E-state index in [4.69, 9.17) is 23.7 Å². The number of fused-ring (bicyclic) bond motifs is 1. The maximum Gasteiger partial charge on any atom is 0.255 e. The molecule has 2 fully saturated rings. The lowest BCUT2D eigenvalue weighted by molar-refractivity contribution is -0.143. The number of β-amino-alcohol motifs (C(OH)–C–C–N with tert-alkyl or cyclic N) is 1. The van der Waals surface area contributed by atoms with E-state index >= 15 is 0 Å². The normalized spacial score (nSPS) is 17.2. The van der Waals surface area contributed by atoms with Crippen molar-refractivity contribution in [1.82, 2.24) is 25.4 Å². The maximum atomic E-state index is 14.3. The number of rotatable bonds is 27. The molecule has 9 rings (SSSR count). The van der Waals surface area contributed by atoms with Gasteiger partial charge in [0.2, 0.25) is 11.8 Å². The van der Waals surface area contributed by atoms with Crippen molar-refractivity contribution in [2.24, 2.45) is 10.9 Å². The number of hydrogen-bond acceptors (Lipinski definition) is 13. The highest BCUT2D eigenvalue weighted by Crippen LogP contribution is 2.36. The van der Waals surface area contributed by atoms with E-state index in [2.05, 4.69) is 38.5 Å². The topological polar surface area (TPSA) is 214 Å². The first-order valence-corrected chi connectivity index (χ1v) is 30.1. The van der Waals surface area contributed by atoms with Crippen molar-refractivity contribution >= 4 is 41.1 Å². The fraction of sp³-hybridized carbons (Fsp3) is 0.463. The third-order valence-corrected chi connectivity index (χ3v) is 16.6. The maximum absolute atomic E-state index is 14.3. The van der Waals surface area contributed by atoms with Crippen LogP contribution < -0.4 is 30.6 Å². The Hall–Kier alpha value is -7.64. The number of aliphatic hydroxyl groups excluding tert-OH is 1. The van der Waals surface area contributed by atoms with Gasteiger partial charge in [-0.15, -0.1) is 0 Å². The number of likely N-dealkylation sites (tertiary alicyclic amines) is 1.